The zero-order chi connectivity index (χ0) is 13.7. The molecule has 3 nitrogen and oxygen atoms in total. The fourth-order valence-corrected chi connectivity index (χ4v) is 1.88. The van der Waals surface area contributed by atoms with Gasteiger partial charge < -0.3 is 4.74 Å². The van der Waals surface area contributed by atoms with E-state index in [0.29, 0.717) is 17.2 Å². The third-order valence-corrected chi connectivity index (χ3v) is 3.16. The van der Waals surface area contributed by atoms with Crippen LogP contribution in [0.1, 0.15) is 42.1 Å². The first-order valence-corrected chi connectivity index (χ1v) is 6.41. The first kappa shape index (κ1) is 13.3. The lowest BCUT2D eigenvalue weighted by Crippen LogP contribution is -1.96. The van der Waals surface area contributed by atoms with Crippen LogP contribution in [0.15, 0.2) is 42.7 Å². The molecule has 0 saturated carbocycles. The maximum Gasteiger partial charge on any atom is 0.151 e. The lowest BCUT2D eigenvalue weighted by Gasteiger charge is -2.15. The van der Waals surface area contributed by atoms with Crippen molar-refractivity contribution in [3.8, 4) is 11.5 Å². The Morgan fingerprint density at radius 1 is 1.32 bits per heavy atom. The molecule has 1 aromatic carbocycles. The zero-order valence-corrected chi connectivity index (χ0v) is 11.2. The number of aromatic nitrogens is 1. The molecule has 0 aliphatic heterocycles. The number of para-hydroxylation sites is 1. The summed E-state index contributed by atoms with van der Waals surface area (Å²) in [6.07, 6.45) is 4.94. The van der Waals surface area contributed by atoms with Gasteiger partial charge in [-0.2, -0.15) is 0 Å². The molecule has 0 aliphatic rings. The van der Waals surface area contributed by atoms with Crippen molar-refractivity contribution in [3.05, 3.63) is 53.9 Å². The largest absolute Gasteiger partial charge is 0.455 e. The highest BCUT2D eigenvalue weighted by molar-refractivity contribution is 5.74. The molecule has 2 rings (SSSR count). The van der Waals surface area contributed by atoms with Crippen LogP contribution in [0.5, 0.6) is 11.5 Å². The Morgan fingerprint density at radius 3 is 2.84 bits per heavy atom. The molecule has 0 bridgehead atoms. The number of hydrogen-bond donors (Lipinski definition) is 0. The number of rotatable bonds is 5. The summed E-state index contributed by atoms with van der Waals surface area (Å²) >= 11 is 0. The summed E-state index contributed by atoms with van der Waals surface area (Å²) in [6, 6.07) is 9.65. The third-order valence-electron chi connectivity index (χ3n) is 3.16. The van der Waals surface area contributed by atoms with Crippen LogP contribution >= 0.6 is 0 Å². The van der Waals surface area contributed by atoms with Gasteiger partial charge in [0.1, 0.15) is 11.5 Å². The number of carbonyl (C=O) groups is 1. The van der Waals surface area contributed by atoms with Crippen LogP contribution in [-0.2, 0) is 0 Å². The molecule has 0 fully saturated rings. The molecule has 1 aromatic heterocycles. The topological polar surface area (TPSA) is 39.2 Å². The average molecular weight is 255 g/mol. The number of ether oxygens (including phenoxy) is 1. The summed E-state index contributed by atoms with van der Waals surface area (Å²) in [5.41, 5.74) is 1.68. The second-order valence-corrected chi connectivity index (χ2v) is 4.52. The number of pyridine rings is 1. The summed E-state index contributed by atoms with van der Waals surface area (Å²) in [6.45, 7) is 4.32. The van der Waals surface area contributed by atoms with Crippen molar-refractivity contribution in [2.45, 2.75) is 26.2 Å². The van der Waals surface area contributed by atoms with Crippen LogP contribution in [0, 0.1) is 0 Å². The van der Waals surface area contributed by atoms with Crippen molar-refractivity contribution in [3.63, 3.8) is 0 Å². The number of benzene rings is 1. The van der Waals surface area contributed by atoms with E-state index in [1.807, 2.05) is 18.2 Å². The van der Waals surface area contributed by atoms with E-state index in [2.05, 4.69) is 24.9 Å². The summed E-state index contributed by atoms with van der Waals surface area (Å²) in [7, 11) is 0. The smallest absolute Gasteiger partial charge is 0.151 e. The highest BCUT2D eigenvalue weighted by Gasteiger charge is 2.10. The molecule has 0 saturated heterocycles. The molecule has 0 aliphatic carbocycles. The van der Waals surface area contributed by atoms with Gasteiger partial charge in [0.15, 0.2) is 6.29 Å². The molecular weight excluding hydrogens is 238 g/mol. The molecule has 0 amide bonds. The van der Waals surface area contributed by atoms with Gasteiger partial charge in [-0.15, -0.1) is 0 Å². The summed E-state index contributed by atoms with van der Waals surface area (Å²) < 4.78 is 5.85. The first-order chi connectivity index (χ1) is 9.24. The maximum absolute atomic E-state index is 10.7. The van der Waals surface area contributed by atoms with Gasteiger partial charge in [-0.1, -0.05) is 32.0 Å². The van der Waals surface area contributed by atoms with Crippen molar-refractivity contribution in [2.24, 2.45) is 0 Å². The fraction of sp³-hybridized carbons (Fsp3) is 0.250. The lowest BCUT2D eigenvalue weighted by atomic mass is 9.98. The van der Waals surface area contributed by atoms with Crippen LogP contribution in [-0.4, -0.2) is 11.3 Å². The molecule has 1 unspecified atom stereocenters. The van der Waals surface area contributed by atoms with E-state index < -0.39 is 0 Å². The van der Waals surface area contributed by atoms with Crippen molar-refractivity contribution < 1.29 is 9.53 Å². The number of aldehydes is 1. The van der Waals surface area contributed by atoms with Crippen LogP contribution in [0.4, 0.5) is 0 Å². The molecule has 0 spiro atoms. The molecule has 0 N–H and O–H groups in total. The minimum absolute atomic E-state index is 0.429. The maximum atomic E-state index is 10.7. The summed E-state index contributed by atoms with van der Waals surface area (Å²) in [5, 5.41) is 0. The van der Waals surface area contributed by atoms with Gasteiger partial charge in [0.2, 0.25) is 0 Å². The highest BCUT2D eigenvalue weighted by atomic mass is 16.5. The highest BCUT2D eigenvalue weighted by Crippen LogP contribution is 2.31. The van der Waals surface area contributed by atoms with E-state index in [4.69, 9.17) is 4.74 Å². The average Bonchev–Trinajstić information content (AvgIpc) is 2.47. The predicted octanol–water partition coefficient (Wildman–Crippen LogP) is 4.20. The van der Waals surface area contributed by atoms with Gasteiger partial charge in [-0.25, -0.2) is 0 Å². The van der Waals surface area contributed by atoms with Crippen LogP contribution in [0.3, 0.4) is 0 Å². The Balaban J connectivity index is 2.30. The van der Waals surface area contributed by atoms with Crippen LogP contribution in [0.25, 0.3) is 0 Å². The molecule has 2 aromatic rings. The molecule has 0 radical (unpaired) electrons. The van der Waals surface area contributed by atoms with Crippen molar-refractivity contribution in [1.82, 2.24) is 4.98 Å². The van der Waals surface area contributed by atoms with E-state index in [9.17, 15) is 4.79 Å². The van der Waals surface area contributed by atoms with Gasteiger partial charge in [0, 0.05) is 11.8 Å². The minimum atomic E-state index is 0.429. The molecule has 3 heteroatoms. The number of hydrogen-bond acceptors (Lipinski definition) is 3. The first-order valence-electron chi connectivity index (χ1n) is 6.41. The second-order valence-electron chi connectivity index (χ2n) is 4.52. The summed E-state index contributed by atoms with van der Waals surface area (Å²) in [4.78, 5) is 14.7. The van der Waals surface area contributed by atoms with Gasteiger partial charge in [0.05, 0.1) is 6.20 Å². The predicted molar refractivity (Wildman–Crippen MR) is 74.8 cm³/mol. The third kappa shape index (κ3) is 3.19. The quantitative estimate of drug-likeness (QED) is 0.752. The van der Waals surface area contributed by atoms with Gasteiger partial charge in [-0.05, 0) is 30.0 Å². The SMILES string of the molecule is CCC(C)c1ccccc1Oc1cncc(C=O)c1. The summed E-state index contributed by atoms with van der Waals surface area (Å²) in [5.74, 6) is 1.83. The molecule has 98 valence electrons. The van der Waals surface area contributed by atoms with Crippen molar-refractivity contribution in [1.29, 1.82) is 0 Å². The normalized spacial score (nSPS) is 11.9. The van der Waals surface area contributed by atoms with Crippen LogP contribution < -0.4 is 4.74 Å². The zero-order valence-electron chi connectivity index (χ0n) is 11.2. The Hall–Kier alpha value is -2.16. The Morgan fingerprint density at radius 2 is 2.11 bits per heavy atom. The van der Waals surface area contributed by atoms with E-state index in [1.54, 1.807) is 12.3 Å². The molecule has 1 atom stereocenters. The van der Waals surface area contributed by atoms with Gasteiger partial charge in [-0.3, -0.25) is 9.78 Å². The van der Waals surface area contributed by atoms with E-state index in [-0.39, 0.29) is 0 Å². The molecule has 19 heavy (non-hydrogen) atoms. The Labute approximate surface area is 113 Å². The monoisotopic (exact) mass is 255 g/mol. The van der Waals surface area contributed by atoms with E-state index in [1.165, 1.54) is 11.8 Å². The number of nitrogens with zero attached hydrogens (tertiary/aromatic N) is 1. The standard InChI is InChI=1S/C16H17NO2/c1-3-12(2)15-6-4-5-7-16(15)19-14-8-13(11-18)9-17-10-14/h4-12H,3H2,1-2H3. The van der Waals surface area contributed by atoms with Crippen molar-refractivity contribution in [2.75, 3.05) is 0 Å². The lowest BCUT2D eigenvalue weighted by molar-refractivity contribution is 0.112. The Kier molecular flexibility index (Phi) is 4.29. The van der Waals surface area contributed by atoms with E-state index in [0.717, 1.165) is 18.5 Å². The van der Waals surface area contributed by atoms with Gasteiger partial charge >= 0.3 is 0 Å². The van der Waals surface area contributed by atoms with Gasteiger partial charge in [0.25, 0.3) is 0 Å². The van der Waals surface area contributed by atoms with Crippen LogP contribution in [0.2, 0.25) is 0 Å². The fourth-order valence-electron chi connectivity index (χ4n) is 1.88. The molecular formula is C16H17NO2. The van der Waals surface area contributed by atoms with E-state index >= 15 is 0 Å². The minimum Gasteiger partial charge on any atom is -0.455 e. The second kappa shape index (κ2) is 6.14. The Bertz CT molecular complexity index is 566. The van der Waals surface area contributed by atoms with Crippen molar-refractivity contribution >= 4 is 6.29 Å². The number of carbonyl (C=O) groups excluding carboxylic acids is 1. The molecule has 1 heterocycles.